The van der Waals surface area contributed by atoms with Crippen LogP contribution >= 0.6 is 0 Å². The van der Waals surface area contributed by atoms with Gasteiger partial charge in [-0.3, -0.25) is 4.99 Å². The molecular formula is C20H25N3O2. The third-order valence-corrected chi connectivity index (χ3v) is 4.18. The third-order valence-electron chi connectivity index (χ3n) is 4.18. The molecule has 1 unspecified atom stereocenters. The Hall–Kier alpha value is -2.69. The van der Waals surface area contributed by atoms with E-state index in [4.69, 9.17) is 9.47 Å². The average Bonchev–Trinajstić information content (AvgIpc) is 2.90. The summed E-state index contributed by atoms with van der Waals surface area (Å²) in [6.45, 7) is 4.37. The fourth-order valence-corrected chi connectivity index (χ4v) is 2.71. The highest BCUT2D eigenvalue weighted by atomic mass is 16.5. The lowest BCUT2D eigenvalue weighted by molar-refractivity contribution is 0.297. The number of fused-ring (bicyclic) bond motifs is 1. The van der Waals surface area contributed by atoms with Gasteiger partial charge in [0.2, 0.25) is 0 Å². The second-order valence-corrected chi connectivity index (χ2v) is 6.10. The fraction of sp³-hybridized carbons (Fsp3) is 0.350. The standard InChI is InChI=1S/C20H25N3O2/c1-15(16-7-4-3-5-8-16)14-22-20(21-2)23-17-9-10-18-19(13-17)25-12-6-11-24-18/h3-5,7-10,13,15H,6,11-12,14H2,1-2H3,(H2,21,22,23). The van der Waals surface area contributed by atoms with Crippen molar-refractivity contribution in [1.82, 2.24) is 5.32 Å². The number of nitrogens with zero attached hydrogens (tertiary/aromatic N) is 1. The van der Waals surface area contributed by atoms with Crippen molar-refractivity contribution in [3.63, 3.8) is 0 Å². The Labute approximate surface area is 149 Å². The molecule has 2 aromatic carbocycles. The molecule has 0 fully saturated rings. The lowest BCUT2D eigenvalue weighted by Gasteiger charge is -2.17. The number of rotatable bonds is 4. The maximum atomic E-state index is 5.74. The minimum Gasteiger partial charge on any atom is -0.490 e. The maximum Gasteiger partial charge on any atom is 0.195 e. The number of hydrogen-bond acceptors (Lipinski definition) is 3. The van der Waals surface area contributed by atoms with Gasteiger partial charge in [0.25, 0.3) is 0 Å². The van der Waals surface area contributed by atoms with Crippen molar-refractivity contribution >= 4 is 11.6 Å². The Balaban J connectivity index is 1.60. The number of anilines is 1. The predicted molar refractivity (Wildman–Crippen MR) is 102 cm³/mol. The van der Waals surface area contributed by atoms with Crippen LogP contribution in [0.15, 0.2) is 53.5 Å². The first-order valence-corrected chi connectivity index (χ1v) is 8.68. The quantitative estimate of drug-likeness (QED) is 0.660. The lowest BCUT2D eigenvalue weighted by Crippen LogP contribution is -2.33. The summed E-state index contributed by atoms with van der Waals surface area (Å²) in [6, 6.07) is 16.3. The number of hydrogen-bond donors (Lipinski definition) is 2. The molecule has 3 rings (SSSR count). The van der Waals surface area contributed by atoms with Gasteiger partial charge >= 0.3 is 0 Å². The van der Waals surface area contributed by atoms with Gasteiger partial charge in [0.05, 0.1) is 13.2 Å². The Morgan fingerprint density at radius 1 is 1.08 bits per heavy atom. The number of guanidine groups is 1. The monoisotopic (exact) mass is 339 g/mol. The first-order valence-electron chi connectivity index (χ1n) is 8.68. The molecule has 0 amide bonds. The summed E-state index contributed by atoms with van der Waals surface area (Å²) >= 11 is 0. The van der Waals surface area contributed by atoms with Gasteiger partial charge in [0.15, 0.2) is 17.5 Å². The molecule has 2 aromatic rings. The summed E-state index contributed by atoms with van der Waals surface area (Å²) in [5, 5.41) is 6.68. The molecule has 5 heteroatoms. The summed E-state index contributed by atoms with van der Waals surface area (Å²) in [4.78, 5) is 4.30. The normalized spacial score (nSPS) is 15.2. The Kier molecular flexibility index (Phi) is 5.77. The fourth-order valence-electron chi connectivity index (χ4n) is 2.71. The first-order chi connectivity index (χ1) is 12.3. The summed E-state index contributed by atoms with van der Waals surface area (Å²) in [5.74, 6) is 2.69. The second kappa shape index (κ2) is 8.42. The van der Waals surface area contributed by atoms with Crippen LogP contribution in [0.3, 0.4) is 0 Å². The van der Waals surface area contributed by atoms with E-state index in [0.717, 1.165) is 36.1 Å². The molecule has 0 saturated carbocycles. The van der Waals surface area contributed by atoms with Gasteiger partial charge in [-0.05, 0) is 23.6 Å². The molecule has 1 aliphatic rings. The van der Waals surface area contributed by atoms with E-state index in [9.17, 15) is 0 Å². The van der Waals surface area contributed by atoms with E-state index in [-0.39, 0.29) is 0 Å². The molecule has 0 radical (unpaired) electrons. The van der Waals surface area contributed by atoms with Gasteiger partial charge in [-0.15, -0.1) is 0 Å². The summed E-state index contributed by atoms with van der Waals surface area (Å²) < 4.78 is 11.4. The highest BCUT2D eigenvalue weighted by Crippen LogP contribution is 2.32. The van der Waals surface area contributed by atoms with E-state index in [1.165, 1.54) is 5.56 Å². The zero-order valence-electron chi connectivity index (χ0n) is 14.8. The smallest absolute Gasteiger partial charge is 0.195 e. The van der Waals surface area contributed by atoms with E-state index < -0.39 is 0 Å². The average molecular weight is 339 g/mol. The summed E-state index contributed by atoms with van der Waals surface area (Å²) in [5.41, 5.74) is 2.23. The van der Waals surface area contributed by atoms with Crippen LogP contribution in [0.1, 0.15) is 24.8 Å². The van der Waals surface area contributed by atoms with E-state index in [1.807, 2.05) is 24.3 Å². The van der Waals surface area contributed by atoms with Gasteiger partial charge < -0.3 is 20.1 Å². The van der Waals surface area contributed by atoms with Crippen LogP contribution in [-0.2, 0) is 0 Å². The number of benzene rings is 2. The SMILES string of the molecule is CN=C(NCC(C)c1ccccc1)Nc1ccc2c(c1)OCCCO2. The maximum absolute atomic E-state index is 5.74. The number of aliphatic imine (C=N–C) groups is 1. The molecule has 2 N–H and O–H groups in total. The lowest BCUT2D eigenvalue weighted by atomic mass is 10.0. The Bertz CT molecular complexity index is 716. The minimum atomic E-state index is 0.392. The zero-order chi connectivity index (χ0) is 17.5. The predicted octanol–water partition coefficient (Wildman–Crippen LogP) is 3.64. The van der Waals surface area contributed by atoms with Crippen LogP contribution in [0.25, 0.3) is 0 Å². The molecule has 0 aromatic heterocycles. The van der Waals surface area contributed by atoms with Crippen LogP contribution in [0.2, 0.25) is 0 Å². The molecule has 0 bridgehead atoms. The summed E-state index contributed by atoms with van der Waals surface area (Å²) in [7, 11) is 1.77. The summed E-state index contributed by atoms with van der Waals surface area (Å²) in [6.07, 6.45) is 0.901. The highest BCUT2D eigenvalue weighted by Gasteiger charge is 2.12. The second-order valence-electron chi connectivity index (χ2n) is 6.10. The van der Waals surface area contributed by atoms with Crippen LogP contribution in [0.4, 0.5) is 5.69 Å². The minimum absolute atomic E-state index is 0.392. The van der Waals surface area contributed by atoms with Gasteiger partial charge in [-0.25, -0.2) is 0 Å². The van der Waals surface area contributed by atoms with Crippen molar-refractivity contribution in [1.29, 1.82) is 0 Å². The largest absolute Gasteiger partial charge is 0.490 e. The van der Waals surface area contributed by atoms with Gasteiger partial charge in [-0.1, -0.05) is 37.3 Å². The number of nitrogens with one attached hydrogen (secondary N) is 2. The Morgan fingerprint density at radius 3 is 2.60 bits per heavy atom. The van der Waals surface area contributed by atoms with Crippen LogP contribution in [-0.4, -0.2) is 32.8 Å². The van der Waals surface area contributed by atoms with Gasteiger partial charge in [-0.2, -0.15) is 0 Å². The molecule has 5 nitrogen and oxygen atoms in total. The van der Waals surface area contributed by atoms with Crippen LogP contribution in [0, 0.1) is 0 Å². The van der Waals surface area contributed by atoms with E-state index in [1.54, 1.807) is 7.05 Å². The third kappa shape index (κ3) is 4.66. The zero-order valence-corrected chi connectivity index (χ0v) is 14.8. The Morgan fingerprint density at radius 2 is 1.84 bits per heavy atom. The molecule has 1 heterocycles. The van der Waals surface area contributed by atoms with Crippen LogP contribution < -0.4 is 20.1 Å². The molecule has 0 aliphatic carbocycles. The van der Waals surface area contributed by atoms with Crippen molar-refractivity contribution in [3.05, 3.63) is 54.1 Å². The van der Waals surface area contributed by atoms with Crippen molar-refractivity contribution in [2.75, 3.05) is 32.1 Å². The molecule has 0 saturated heterocycles. The van der Waals surface area contributed by atoms with E-state index in [0.29, 0.717) is 19.1 Å². The van der Waals surface area contributed by atoms with Crippen molar-refractivity contribution in [3.8, 4) is 11.5 Å². The first kappa shape index (κ1) is 17.1. The van der Waals surface area contributed by atoms with Gasteiger partial charge in [0.1, 0.15) is 0 Å². The van der Waals surface area contributed by atoms with Crippen molar-refractivity contribution < 1.29 is 9.47 Å². The molecule has 1 atom stereocenters. The molecular weight excluding hydrogens is 314 g/mol. The van der Waals surface area contributed by atoms with Crippen molar-refractivity contribution in [2.24, 2.45) is 4.99 Å². The topological polar surface area (TPSA) is 54.9 Å². The molecule has 25 heavy (non-hydrogen) atoms. The van der Waals surface area contributed by atoms with E-state index in [2.05, 4.69) is 46.8 Å². The molecule has 0 spiro atoms. The van der Waals surface area contributed by atoms with Crippen molar-refractivity contribution in [2.45, 2.75) is 19.3 Å². The number of ether oxygens (including phenoxy) is 2. The van der Waals surface area contributed by atoms with Gasteiger partial charge in [0, 0.05) is 31.8 Å². The molecule has 1 aliphatic heterocycles. The molecule has 132 valence electrons. The highest BCUT2D eigenvalue weighted by molar-refractivity contribution is 5.93. The van der Waals surface area contributed by atoms with E-state index >= 15 is 0 Å². The van der Waals surface area contributed by atoms with Crippen LogP contribution in [0.5, 0.6) is 11.5 Å².